The Morgan fingerprint density at radius 3 is 2.67 bits per heavy atom. The van der Waals surface area contributed by atoms with Gasteiger partial charge in [0.1, 0.15) is 5.15 Å². The minimum Gasteiger partial charge on any atom is -0.505 e. The first-order valence-electron chi connectivity index (χ1n) is 5.75. The number of halogens is 1. The minimum atomic E-state index is -0.373. The van der Waals surface area contributed by atoms with Crippen LogP contribution >= 0.6 is 11.6 Å². The molecule has 0 bridgehead atoms. The summed E-state index contributed by atoms with van der Waals surface area (Å²) in [6, 6.07) is 7.27. The summed E-state index contributed by atoms with van der Waals surface area (Å²) in [5, 5.41) is 14.3. The van der Waals surface area contributed by atoms with E-state index in [4.69, 9.17) is 11.6 Å². The number of benzene rings is 1. The number of hydrogen-bond donors (Lipinski definition) is 2. The third kappa shape index (κ3) is 1.88. The summed E-state index contributed by atoms with van der Waals surface area (Å²) >= 11 is 6.03. The number of hydrogen-bond acceptors (Lipinski definition) is 3. The lowest BCUT2D eigenvalue weighted by atomic mass is 10.1. The first kappa shape index (κ1) is 11.3. The van der Waals surface area contributed by atoms with E-state index >= 15 is 0 Å². The number of nitrogens with one attached hydrogen (secondary N) is 1. The fraction of sp³-hybridized carbons (Fsp3) is 0.231. The summed E-state index contributed by atoms with van der Waals surface area (Å²) < 4.78 is 0. The summed E-state index contributed by atoms with van der Waals surface area (Å²) in [4.78, 5) is 15.9. The zero-order chi connectivity index (χ0) is 12.7. The second-order valence-corrected chi connectivity index (χ2v) is 4.75. The maximum atomic E-state index is 11.9. The lowest BCUT2D eigenvalue weighted by Crippen LogP contribution is -2.26. The van der Waals surface area contributed by atoms with Crippen molar-refractivity contribution in [1.29, 1.82) is 0 Å². The van der Waals surface area contributed by atoms with Gasteiger partial charge in [-0.15, -0.1) is 0 Å². The smallest absolute Gasteiger partial charge is 0.274 e. The van der Waals surface area contributed by atoms with Crippen molar-refractivity contribution < 1.29 is 9.90 Å². The molecular formula is C13H11ClN2O2. The highest BCUT2D eigenvalue weighted by molar-refractivity contribution is 6.34. The molecule has 1 saturated carbocycles. The maximum Gasteiger partial charge on any atom is 0.274 e. The van der Waals surface area contributed by atoms with Crippen molar-refractivity contribution in [2.45, 2.75) is 18.9 Å². The van der Waals surface area contributed by atoms with Crippen LogP contribution < -0.4 is 5.32 Å². The Kier molecular flexibility index (Phi) is 2.59. The predicted octanol–water partition coefficient (Wildman–Crippen LogP) is 2.49. The molecule has 1 amide bonds. The first-order chi connectivity index (χ1) is 8.66. The molecule has 0 unspecified atom stereocenters. The fourth-order valence-corrected chi connectivity index (χ4v) is 2.10. The number of nitrogens with zero attached hydrogens (tertiary/aromatic N) is 1. The van der Waals surface area contributed by atoms with Crippen molar-refractivity contribution in [3.05, 3.63) is 35.1 Å². The Balaban J connectivity index is 2.11. The van der Waals surface area contributed by atoms with Gasteiger partial charge in [-0.3, -0.25) is 4.79 Å². The largest absolute Gasteiger partial charge is 0.505 e. The van der Waals surface area contributed by atoms with Gasteiger partial charge in [0.2, 0.25) is 0 Å². The van der Waals surface area contributed by atoms with E-state index in [1.54, 1.807) is 24.3 Å². The van der Waals surface area contributed by atoms with Crippen LogP contribution in [-0.2, 0) is 0 Å². The normalized spacial score (nSPS) is 14.7. The molecular weight excluding hydrogens is 252 g/mol. The number of pyridine rings is 1. The van der Waals surface area contributed by atoms with Crippen LogP contribution in [0.3, 0.4) is 0 Å². The van der Waals surface area contributed by atoms with Crippen molar-refractivity contribution in [2.75, 3.05) is 0 Å². The van der Waals surface area contributed by atoms with E-state index in [0.717, 1.165) is 12.8 Å². The van der Waals surface area contributed by atoms with Crippen molar-refractivity contribution in [3.63, 3.8) is 0 Å². The number of carbonyl (C=O) groups is 1. The third-order valence-corrected chi connectivity index (χ3v) is 3.25. The van der Waals surface area contributed by atoms with Gasteiger partial charge in [0, 0.05) is 16.8 Å². The van der Waals surface area contributed by atoms with Crippen LogP contribution in [-0.4, -0.2) is 22.0 Å². The highest BCUT2D eigenvalue weighted by Crippen LogP contribution is 2.32. The molecule has 1 fully saturated rings. The Bertz CT molecular complexity index is 638. The second kappa shape index (κ2) is 4.14. The van der Waals surface area contributed by atoms with E-state index in [-0.39, 0.29) is 28.5 Å². The summed E-state index contributed by atoms with van der Waals surface area (Å²) in [6.45, 7) is 0. The molecule has 2 N–H and O–H groups in total. The van der Waals surface area contributed by atoms with Crippen LogP contribution in [0.25, 0.3) is 10.8 Å². The van der Waals surface area contributed by atoms with Crippen LogP contribution in [0.15, 0.2) is 24.3 Å². The zero-order valence-corrected chi connectivity index (χ0v) is 10.2. The van der Waals surface area contributed by atoms with Crippen molar-refractivity contribution >= 4 is 28.3 Å². The number of fused-ring (bicyclic) bond motifs is 1. The van der Waals surface area contributed by atoms with Crippen LogP contribution in [0, 0.1) is 0 Å². The SMILES string of the molecule is O=C(NC1CC1)c1nc(Cl)c2ccccc2c1O. The molecule has 0 radical (unpaired) electrons. The van der Waals surface area contributed by atoms with Crippen molar-refractivity contribution in [3.8, 4) is 5.75 Å². The summed E-state index contributed by atoms with van der Waals surface area (Å²) in [5.74, 6) is -0.490. The molecule has 0 aliphatic heterocycles. The lowest BCUT2D eigenvalue weighted by Gasteiger charge is -2.08. The molecule has 1 heterocycles. The number of aromatic nitrogens is 1. The van der Waals surface area contributed by atoms with E-state index in [9.17, 15) is 9.90 Å². The van der Waals surface area contributed by atoms with Gasteiger partial charge in [0.05, 0.1) is 0 Å². The average Bonchev–Trinajstić information content (AvgIpc) is 3.17. The molecule has 4 nitrogen and oxygen atoms in total. The summed E-state index contributed by atoms with van der Waals surface area (Å²) in [6.07, 6.45) is 1.96. The van der Waals surface area contributed by atoms with E-state index in [1.807, 2.05) is 0 Å². The molecule has 2 aromatic rings. The molecule has 1 aliphatic carbocycles. The predicted molar refractivity (Wildman–Crippen MR) is 68.9 cm³/mol. The zero-order valence-electron chi connectivity index (χ0n) is 9.48. The molecule has 1 aliphatic rings. The molecule has 92 valence electrons. The monoisotopic (exact) mass is 262 g/mol. The van der Waals surface area contributed by atoms with Crippen LogP contribution in [0.4, 0.5) is 0 Å². The molecule has 0 spiro atoms. The topological polar surface area (TPSA) is 62.2 Å². The van der Waals surface area contributed by atoms with E-state index in [0.29, 0.717) is 10.8 Å². The van der Waals surface area contributed by atoms with E-state index in [2.05, 4.69) is 10.3 Å². The quantitative estimate of drug-likeness (QED) is 0.818. The van der Waals surface area contributed by atoms with Crippen LogP contribution in [0.5, 0.6) is 5.75 Å². The van der Waals surface area contributed by atoms with Gasteiger partial charge in [-0.05, 0) is 12.8 Å². The van der Waals surface area contributed by atoms with Crippen molar-refractivity contribution in [2.24, 2.45) is 0 Å². The Morgan fingerprint density at radius 2 is 2.00 bits per heavy atom. The molecule has 1 aromatic carbocycles. The third-order valence-electron chi connectivity index (χ3n) is 2.97. The molecule has 18 heavy (non-hydrogen) atoms. The highest BCUT2D eigenvalue weighted by atomic mass is 35.5. The van der Waals surface area contributed by atoms with Crippen molar-refractivity contribution in [1.82, 2.24) is 10.3 Å². The molecule has 1 aromatic heterocycles. The van der Waals surface area contributed by atoms with Gasteiger partial charge >= 0.3 is 0 Å². The maximum absolute atomic E-state index is 11.9. The van der Waals surface area contributed by atoms with Crippen LogP contribution in [0.1, 0.15) is 23.3 Å². The number of aromatic hydroxyl groups is 1. The Hall–Kier alpha value is -1.81. The number of amides is 1. The number of rotatable bonds is 2. The van der Waals surface area contributed by atoms with Gasteiger partial charge in [-0.1, -0.05) is 35.9 Å². The summed E-state index contributed by atoms with van der Waals surface area (Å²) in [5.41, 5.74) is -0.00870. The van der Waals surface area contributed by atoms with Gasteiger partial charge in [0.15, 0.2) is 11.4 Å². The molecule has 0 atom stereocenters. The first-order valence-corrected chi connectivity index (χ1v) is 6.12. The second-order valence-electron chi connectivity index (χ2n) is 4.39. The van der Waals surface area contributed by atoms with Crippen LogP contribution in [0.2, 0.25) is 5.15 Å². The highest BCUT2D eigenvalue weighted by Gasteiger charge is 2.26. The number of carbonyl (C=O) groups excluding carboxylic acids is 1. The van der Waals surface area contributed by atoms with E-state index in [1.165, 1.54) is 0 Å². The average molecular weight is 263 g/mol. The summed E-state index contributed by atoms with van der Waals surface area (Å²) in [7, 11) is 0. The van der Waals surface area contributed by atoms with Gasteiger partial charge in [-0.25, -0.2) is 4.98 Å². The minimum absolute atomic E-state index is 0.00870. The Morgan fingerprint density at radius 1 is 1.33 bits per heavy atom. The molecule has 5 heteroatoms. The van der Waals surface area contributed by atoms with Gasteiger partial charge in [0.25, 0.3) is 5.91 Å². The standard InChI is InChI=1S/C13H11ClN2O2/c14-12-9-4-2-1-3-8(9)11(17)10(16-12)13(18)15-7-5-6-7/h1-4,7,17H,5-6H2,(H,15,18). The van der Waals surface area contributed by atoms with E-state index < -0.39 is 0 Å². The molecule has 0 saturated heterocycles. The molecule has 3 rings (SSSR count). The Labute approximate surface area is 109 Å². The fourth-order valence-electron chi connectivity index (χ4n) is 1.85. The van der Waals surface area contributed by atoms with Gasteiger partial charge < -0.3 is 10.4 Å². The van der Waals surface area contributed by atoms with Gasteiger partial charge in [-0.2, -0.15) is 0 Å². The lowest BCUT2D eigenvalue weighted by molar-refractivity contribution is 0.0943.